The molecule has 0 radical (unpaired) electrons. The van der Waals surface area contributed by atoms with Gasteiger partial charge in [-0.1, -0.05) is 0 Å². The van der Waals surface area contributed by atoms with Gasteiger partial charge in [-0.15, -0.1) is 0 Å². The van der Waals surface area contributed by atoms with Crippen molar-refractivity contribution < 1.29 is 19.1 Å². The minimum Gasteiger partial charge on any atom is -0.430 e. The van der Waals surface area contributed by atoms with Crippen molar-refractivity contribution in [1.29, 1.82) is 0 Å². The van der Waals surface area contributed by atoms with Crippen LogP contribution in [0.5, 0.6) is 0 Å². The van der Waals surface area contributed by atoms with Gasteiger partial charge in [0.15, 0.2) is 12.5 Å². The molecule has 0 aromatic carbocycles. The first-order valence-corrected chi connectivity index (χ1v) is 8.18. The van der Waals surface area contributed by atoms with Crippen molar-refractivity contribution in [2.45, 2.75) is 78.9 Å². The quantitative estimate of drug-likeness (QED) is 0.635. The van der Waals surface area contributed by atoms with Crippen molar-refractivity contribution in [3.63, 3.8) is 0 Å². The van der Waals surface area contributed by atoms with Crippen LogP contribution in [0.25, 0.3) is 0 Å². The largest absolute Gasteiger partial charge is 0.430 e. The van der Waals surface area contributed by atoms with Crippen LogP contribution < -0.4 is 16.4 Å². The minimum absolute atomic E-state index is 0.336. The lowest BCUT2D eigenvalue weighted by atomic mass is 10.1. The molecular formula is C16H34N4O4. The Morgan fingerprint density at radius 1 is 0.917 bits per heavy atom. The highest BCUT2D eigenvalue weighted by Crippen LogP contribution is 2.10. The summed E-state index contributed by atoms with van der Waals surface area (Å²) >= 11 is 0. The molecule has 0 aromatic heterocycles. The normalized spacial score (nSPS) is 14.8. The number of nitrogens with two attached hydrogens (primary N) is 1. The van der Waals surface area contributed by atoms with Crippen molar-refractivity contribution >= 4 is 12.2 Å². The van der Waals surface area contributed by atoms with Gasteiger partial charge in [-0.25, -0.2) is 14.5 Å². The lowest BCUT2D eigenvalue weighted by molar-refractivity contribution is -0.0913. The lowest BCUT2D eigenvalue weighted by Gasteiger charge is -2.34. The molecule has 24 heavy (non-hydrogen) atoms. The summed E-state index contributed by atoms with van der Waals surface area (Å²) in [5.41, 5.74) is 4.82. The SMILES string of the molecule is CC(OC(=O)NC(C)(C)C)N(CCN)C(C)OC(=O)NC(C)(C)C. The van der Waals surface area contributed by atoms with Gasteiger partial charge in [0.05, 0.1) is 0 Å². The van der Waals surface area contributed by atoms with E-state index in [0.29, 0.717) is 13.1 Å². The summed E-state index contributed by atoms with van der Waals surface area (Å²) in [4.78, 5) is 25.5. The van der Waals surface area contributed by atoms with Crippen LogP contribution in [0.15, 0.2) is 0 Å². The van der Waals surface area contributed by atoms with Gasteiger partial charge in [-0.3, -0.25) is 0 Å². The van der Waals surface area contributed by atoms with Gasteiger partial charge in [-0.05, 0) is 55.4 Å². The number of rotatable bonds is 6. The maximum atomic E-state index is 11.9. The smallest absolute Gasteiger partial charge is 0.409 e. The molecule has 2 amide bonds. The summed E-state index contributed by atoms with van der Waals surface area (Å²) in [6, 6.07) is 0. The van der Waals surface area contributed by atoms with Gasteiger partial charge < -0.3 is 25.8 Å². The molecule has 0 rings (SSSR count). The van der Waals surface area contributed by atoms with E-state index in [9.17, 15) is 9.59 Å². The Balaban J connectivity index is 4.75. The molecule has 2 atom stereocenters. The predicted molar refractivity (Wildman–Crippen MR) is 93.4 cm³/mol. The molecule has 4 N–H and O–H groups in total. The van der Waals surface area contributed by atoms with Crippen LogP contribution in [0.3, 0.4) is 0 Å². The van der Waals surface area contributed by atoms with Gasteiger partial charge in [0, 0.05) is 24.2 Å². The number of nitrogens with one attached hydrogen (secondary N) is 2. The Kier molecular flexibility index (Phi) is 8.49. The van der Waals surface area contributed by atoms with E-state index in [1.165, 1.54) is 0 Å². The van der Waals surface area contributed by atoms with Gasteiger partial charge >= 0.3 is 12.2 Å². The van der Waals surface area contributed by atoms with Crippen molar-refractivity contribution in [1.82, 2.24) is 15.5 Å². The maximum absolute atomic E-state index is 11.9. The molecule has 0 saturated carbocycles. The Morgan fingerprint density at radius 3 is 1.50 bits per heavy atom. The van der Waals surface area contributed by atoms with Crippen molar-refractivity contribution in [2.24, 2.45) is 5.73 Å². The first-order chi connectivity index (χ1) is 10.7. The summed E-state index contributed by atoms with van der Waals surface area (Å²) in [6.45, 7) is 15.3. The molecule has 0 aliphatic heterocycles. The fraction of sp³-hybridized carbons (Fsp3) is 0.875. The number of carbonyl (C=O) groups is 2. The molecule has 2 unspecified atom stereocenters. The van der Waals surface area contributed by atoms with Crippen LogP contribution in [-0.2, 0) is 9.47 Å². The molecule has 142 valence electrons. The van der Waals surface area contributed by atoms with Gasteiger partial charge in [0.1, 0.15) is 0 Å². The lowest BCUT2D eigenvalue weighted by Crippen LogP contribution is -2.51. The van der Waals surface area contributed by atoms with Gasteiger partial charge in [-0.2, -0.15) is 0 Å². The number of carbonyl (C=O) groups excluding carboxylic acids is 2. The molecule has 0 heterocycles. The molecule has 0 bridgehead atoms. The second kappa shape index (κ2) is 9.08. The third-order valence-electron chi connectivity index (χ3n) is 2.83. The summed E-state index contributed by atoms with van der Waals surface area (Å²) in [7, 11) is 0. The summed E-state index contributed by atoms with van der Waals surface area (Å²) in [6.07, 6.45) is -2.28. The predicted octanol–water partition coefficient (Wildman–Crippen LogP) is 1.99. The van der Waals surface area contributed by atoms with Crippen molar-refractivity contribution in [3.05, 3.63) is 0 Å². The number of alkyl carbamates (subject to hydrolysis) is 2. The number of hydrogen-bond acceptors (Lipinski definition) is 6. The molecule has 8 heteroatoms. The average Bonchev–Trinajstić information content (AvgIpc) is 2.30. The van der Waals surface area contributed by atoms with E-state index in [1.54, 1.807) is 18.7 Å². The van der Waals surface area contributed by atoms with Crippen LogP contribution in [0.2, 0.25) is 0 Å². The molecule has 8 nitrogen and oxygen atoms in total. The van der Waals surface area contributed by atoms with Crippen molar-refractivity contribution in [2.75, 3.05) is 13.1 Å². The zero-order valence-electron chi connectivity index (χ0n) is 16.2. The van der Waals surface area contributed by atoms with E-state index < -0.39 is 35.7 Å². The van der Waals surface area contributed by atoms with E-state index in [0.717, 1.165) is 0 Å². The van der Waals surface area contributed by atoms with E-state index >= 15 is 0 Å². The second-order valence-electron chi connectivity index (χ2n) is 7.79. The second-order valence-corrected chi connectivity index (χ2v) is 7.79. The molecule has 0 aliphatic rings. The zero-order valence-corrected chi connectivity index (χ0v) is 16.2. The number of nitrogens with zero attached hydrogens (tertiary/aromatic N) is 1. The van der Waals surface area contributed by atoms with Gasteiger partial charge in [0.2, 0.25) is 0 Å². The highest BCUT2D eigenvalue weighted by Gasteiger charge is 2.27. The number of ether oxygens (including phenoxy) is 2. The highest BCUT2D eigenvalue weighted by atomic mass is 16.6. The highest BCUT2D eigenvalue weighted by molar-refractivity contribution is 5.68. The van der Waals surface area contributed by atoms with Crippen LogP contribution in [0, 0.1) is 0 Å². The Morgan fingerprint density at radius 2 is 1.25 bits per heavy atom. The van der Waals surface area contributed by atoms with E-state index in [2.05, 4.69) is 10.6 Å². The third kappa shape index (κ3) is 10.3. The fourth-order valence-corrected chi connectivity index (χ4v) is 1.92. The Bertz CT molecular complexity index is 379. The van der Waals surface area contributed by atoms with Crippen molar-refractivity contribution in [3.8, 4) is 0 Å². The molecule has 0 saturated heterocycles. The molecular weight excluding hydrogens is 312 g/mol. The zero-order chi connectivity index (χ0) is 19.1. The topological polar surface area (TPSA) is 106 Å². The Hall–Kier alpha value is -1.54. The average molecular weight is 346 g/mol. The summed E-state index contributed by atoms with van der Waals surface area (Å²) in [5, 5.41) is 5.44. The van der Waals surface area contributed by atoms with Crippen LogP contribution in [-0.4, -0.2) is 53.7 Å². The fourth-order valence-electron chi connectivity index (χ4n) is 1.92. The first-order valence-electron chi connectivity index (χ1n) is 8.18. The van der Waals surface area contributed by atoms with E-state index in [-0.39, 0.29) is 0 Å². The minimum atomic E-state index is -0.603. The first kappa shape index (κ1) is 22.5. The molecule has 0 spiro atoms. The van der Waals surface area contributed by atoms with Crippen LogP contribution in [0.1, 0.15) is 55.4 Å². The Labute approximate surface area is 145 Å². The molecule has 0 fully saturated rings. The van der Waals surface area contributed by atoms with Crippen LogP contribution >= 0.6 is 0 Å². The number of amides is 2. The summed E-state index contributed by atoms with van der Waals surface area (Å²) in [5.74, 6) is 0. The molecule has 0 aliphatic carbocycles. The van der Waals surface area contributed by atoms with Gasteiger partial charge in [0.25, 0.3) is 0 Å². The third-order valence-corrected chi connectivity index (χ3v) is 2.83. The number of hydrogen-bond donors (Lipinski definition) is 3. The van der Waals surface area contributed by atoms with E-state index in [4.69, 9.17) is 15.2 Å². The standard InChI is InChI=1S/C16H34N4O4/c1-11(23-13(21)18-15(3,4)5)20(10-9-17)12(2)24-14(22)19-16(6,7)8/h11-12H,9-10,17H2,1-8H3,(H,18,21)(H,19,22). The summed E-state index contributed by atoms with van der Waals surface area (Å²) < 4.78 is 10.7. The molecule has 0 aromatic rings. The van der Waals surface area contributed by atoms with E-state index in [1.807, 2.05) is 41.5 Å². The van der Waals surface area contributed by atoms with Crippen LogP contribution in [0.4, 0.5) is 9.59 Å². The monoisotopic (exact) mass is 346 g/mol. The maximum Gasteiger partial charge on any atom is 0.409 e.